The van der Waals surface area contributed by atoms with E-state index in [1.54, 1.807) is 0 Å². The van der Waals surface area contributed by atoms with Crippen molar-refractivity contribution in [3.05, 3.63) is 40.0 Å². The summed E-state index contributed by atoms with van der Waals surface area (Å²) in [6.45, 7) is 4.14. The van der Waals surface area contributed by atoms with E-state index in [0.717, 1.165) is 21.4 Å². The van der Waals surface area contributed by atoms with Crippen LogP contribution in [0.5, 0.6) is 0 Å². The predicted octanol–water partition coefficient (Wildman–Crippen LogP) is 3.47. The van der Waals surface area contributed by atoms with Crippen molar-refractivity contribution < 1.29 is 0 Å². The smallest absolute Gasteiger partial charge is 0.107 e. The minimum Gasteiger partial charge on any atom is -0.271 e. The summed E-state index contributed by atoms with van der Waals surface area (Å²) in [7, 11) is 1.96. The Hall–Kier alpha value is -1.09. The van der Waals surface area contributed by atoms with Gasteiger partial charge in [0.1, 0.15) is 5.69 Å². The van der Waals surface area contributed by atoms with Gasteiger partial charge in [0.2, 0.25) is 0 Å². The summed E-state index contributed by atoms with van der Waals surface area (Å²) in [6, 6.07) is 8.40. The Morgan fingerprint density at radius 2 is 1.73 bits per heavy atom. The van der Waals surface area contributed by atoms with E-state index in [1.165, 1.54) is 5.56 Å². The third kappa shape index (κ3) is 1.84. The number of benzene rings is 1. The van der Waals surface area contributed by atoms with Gasteiger partial charge in [0.15, 0.2) is 0 Å². The molecule has 2 aromatic rings. The molecule has 0 fully saturated rings. The van der Waals surface area contributed by atoms with Crippen LogP contribution in [0.3, 0.4) is 0 Å². The highest BCUT2D eigenvalue weighted by molar-refractivity contribution is 9.10. The number of aromatic nitrogens is 2. The first-order chi connectivity index (χ1) is 7.09. The molecule has 2 rings (SSSR count). The van der Waals surface area contributed by atoms with E-state index in [4.69, 9.17) is 0 Å². The minimum absolute atomic E-state index is 1.01. The summed E-state index contributed by atoms with van der Waals surface area (Å²) in [6.07, 6.45) is 0. The first-order valence-electron chi connectivity index (χ1n) is 4.85. The van der Waals surface area contributed by atoms with Crippen LogP contribution in [0.4, 0.5) is 0 Å². The number of nitrogens with zero attached hydrogens (tertiary/aromatic N) is 2. The molecule has 0 amide bonds. The summed E-state index contributed by atoms with van der Waals surface area (Å²) in [5.74, 6) is 0. The van der Waals surface area contributed by atoms with Crippen molar-refractivity contribution in [2.24, 2.45) is 7.05 Å². The highest BCUT2D eigenvalue weighted by atomic mass is 79.9. The topological polar surface area (TPSA) is 17.8 Å². The molecule has 0 saturated carbocycles. The Bertz CT molecular complexity index is 483. The number of halogens is 1. The second-order valence-corrected chi connectivity index (χ2v) is 4.53. The lowest BCUT2D eigenvalue weighted by molar-refractivity contribution is 0.742. The molecule has 15 heavy (non-hydrogen) atoms. The van der Waals surface area contributed by atoms with Crippen molar-refractivity contribution in [1.82, 2.24) is 9.78 Å². The second kappa shape index (κ2) is 3.81. The van der Waals surface area contributed by atoms with E-state index in [1.807, 2.05) is 11.7 Å². The Labute approximate surface area is 98.1 Å². The van der Waals surface area contributed by atoms with Gasteiger partial charge in [-0.2, -0.15) is 5.10 Å². The molecule has 1 aromatic carbocycles. The average molecular weight is 265 g/mol. The van der Waals surface area contributed by atoms with E-state index in [2.05, 4.69) is 59.1 Å². The lowest BCUT2D eigenvalue weighted by atomic mass is 10.1. The molecule has 0 aliphatic carbocycles. The van der Waals surface area contributed by atoms with E-state index < -0.39 is 0 Å². The van der Waals surface area contributed by atoms with Gasteiger partial charge in [0.25, 0.3) is 0 Å². The molecule has 0 unspecified atom stereocenters. The molecule has 0 aliphatic heterocycles. The van der Waals surface area contributed by atoms with Gasteiger partial charge in [-0.3, -0.25) is 4.68 Å². The van der Waals surface area contributed by atoms with E-state index >= 15 is 0 Å². The lowest BCUT2D eigenvalue weighted by Gasteiger charge is -1.98. The summed E-state index contributed by atoms with van der Waals surface area (Å²) >= 11 is 3.57. The first-order valence-corrected chi connectivity index (χ1v) is 5.65. The monoisotopic (exact) mass is 264 g/mol. The lowest BCUT2D eigenvalue weighted by Crippen LogP contribution is -1.92. The summed E-state index contributed by atoms with van der Waals surface area (Å²) in [4.78, 5) is 0. The fourth-order valence-electron chi connectivity index (χ4n) is 1.48. The molecule has 3 heteroatoms. The summed E-state index contributed by atoms with van der Waals surface area (Å²) in [5, 5.41) is 4.48. The van der Waals surface area contributed by atoms with Crippen LogP contribution in [0.2, 0.25) is 0 Å². The Morgan fingerprint density at radius 1 is 1.13 bits per heavy atom. The first kappa shape index (κ1) is 10.4. The van der Waals surface area contributed by atoms with Crippen LogP contribution < -0.4 is 0 Å². The third-order valence-corrected chi connectivity index (χ3v) is 3.54. The molecule has 0 atom stereocenters. The number of hydrogen-bond donors (Lipinski definition) is 0. The van der Waals surface area contributed by atoms with Gasteiger partial charge in [-0.1, -0.05) is 29.8 Å². The highest BCUT2D eigenvalue weighted by Crippen LogP contribution is 2.29. The standard InChI is InChI=1S/C12H13BrN2/c1-8-4-6-10(7-5-8)12-11(13)9(2)15(3)14-12/h4-7H,1-3H3. The van der Waals surface area contributed by atoms with E-state index in [0.29, 0.717) is 0 Å². The summed E-state index contributed by atoms with van der Waals surface area (Å²) < 4.78 is 2.97. The molecular weight excluding hydrogens is 252 g/mol. The van der Waals surface area contributed by atoms with Crippen molar-refractivity contribution in [1.29, 1.82) is 0 Å². The molecule has 78 valence electrons. The van der Waals surface area contributed by atoms with Crippen LogP contribution in [-0.2, 0) is 7.05 Å². The predicted molar refractivity (Wildman–Crippen MR) is 65.8 cm³/mol. The zero-order chi connectivity index (χ0) is 11.0. The van der Waals surface area contributed by atoms with Gasteiger partial charge in [-0.25, -0.2) is 0 Å². The fourth-order valence-corrected chi connectivity index (χ4v) is 2.04. The summed E-state index contributed by atoms with van der Waals surface area (Å²) in [5.41, 5.74) is 4.57. The van der Waals surface area contributed by atoms with Gasteiger partial charge in [0.05, 0.1) is 4.47 Å². The van der Waals surface area contributed by atoms with Gasteiger partial charge < -0.3 is 0 Å². The SMILES string of the molecule is Cc1ccc(-c2nn(C)c(C)c2Br)cc1. The Balaban J connectivity index is 2.54. The normalized spacial score (nSPS) is 10.7. The van der Waals surface area contributed by atoms with Gasteiger partial charge in [-0.05, 0) is 29.8 Å². The van der Waals surface area contributed by atoms with Gasteiger partial charge in [-0.15, -0.1) is 0 Å². The van der Waals surface area contributed by atoms with E-state index in [-0.39, 0.29) is 0 Å². The van der Waals surface area contributed by atoms with Crippen molar-refractivity contribution in [3.63, 3.8) is 0 Å². The molecule has 0 saturated heterocycles. The number of aryl methyl sites for hydroxylation is 2. The van der Waals surface area contributed by atoms with Crippen molar-refractivity contribution in [2.45, 2.75) is 13.8 Å². The van der Waals surface area contributed by atoms with Crippen molar-refractivity contribution in [3.8, 4) is 11.3 Å². The average Bonchev–Trinajstić information content (AvgIpc) is 2.47. The zero-order valence-electron chi connectivity index (χ0n) is 9.08. The minimum atomic E-state index is 1.01. The largest absolute Gasteiger partial charge is 0.271 e. The number of hydrogen-bond acceptors (Lipinski definition) is 1. The molecular formula is C12H13BrN2. The Kier molecular flexibility index (Phi) is 2.65. The van der Waals surface area contributed by atoms with Crippen LogP contribution in [0.25, 0.3) is 11.3 Å². The fraction of sp³-hybridized carbons (Fsp3) is 0.250. The molecule has 0 aliphatic rings. The van der Waals surface area contributed by atoms with Crippen LogP contribution >= 0.6 is 15.9 Å². The molecule has 2 nitrogen and oxygen atoms in total. The maximum atomic E-state index is 4.48. The molecule has 0 bridgehead atoms. The van der Waals surface area contributed by atoms with Crippen molar-refractivity contribution in [2.75, 3.05) is 0 Å². The highest BCUT2D eigenvalue weighted by Gasteiger charge is 2.11. The zero-order valence-corrected chi connectivity index (χ0v) is 10.7. The molecule has 0 radical (unpaired) electrons. The Morgan fingerprint density at radius 3 is 2.20 bits per heavy atom. The van der Waals surface area contributed by atoms with Gasteiger partial charge in [0, 0.05) is 18.3 Å². The van der Waals surface area contributed by atoms with E-state index in [9.17, 15) is 0 Å². The molecule has 0 spiro atoms. The van der Waals surface area contributed by atoms with Crippen LogP contribution in [0.1, 0.15) is 11.3 Å². The van der Waals surface area contributed by atoms with Crippen LogP contribution in [-0.4, -0.2) is 9.78 Å². The molecule has 0 N–H and O–H groups in total. The van der Waals surface area contributed by atoms with Crippen molar-refractivity contribution >= 4 is 15.9 Å². The maximum absolute atomic E-state index is 4.48. The number of rotatable bonds is 1. The third-order valence-electron chi connectivity index (χ3n) is 2.59. The van der Waals surface area contributed by atoms with Crippen LogP contribution in [0.15, 0.2) is 28.7 Å². The molecule has 1 heterocycles. The quantitative estimate of drug-likeness (QED) is 0.772. The maximum Gasteiger partial charge on any atom is 0.107 e. The van der Waals surface area contributed by atoms with Gasteiger partial charge >= 0.3 is 0 Å². The second-order valence-electron chi connectivity index (χ2n) is 3.74. The van der Waals surface area contributed by atoms with Crippen LogP contribution in [0, 0.1) is 13.8 Å². The molecule has 1 aromatic heterocycles.